The molecule has 1 aromatic heterocycles. The summed E-state index contributed by atoms with van der Waals surface area (Å²) in [5, 5.41) is 11.5. The number of carboxylic acid groups (broad SMARTS) is 1. The first-order valence-corrected chi connectivity index (χ1v) is 6.88. The monoisotopic (exact) mass is 280 g/mol. The lowest BCUT2D eigenvalue weighted by Gasteiger charge is -2.20. The lowest BCUT2D eigenvalue weighted by atomic mass is 10.1. The number of likely N-dealkylation sites (tertiary alicyclic amines) is 1. The number of hydrogen-bond donors (Lipinski definition) is 2. The van der Waals surface area contributed by atoms with Gasteiger partial charge in [-0.3, -0.25) is 4.79 Å². The van der Waals surface area contributed by atoms with Gasteiger partial charge in [-0.2, -0.15) is 0 Å². The van der Waals surface area contributed by atoms with E-state index in [-0.39, 0.29) is 17.2 Å². The first kappa shape index (κ1) is 14.6. The van der Waals surface area contributed by atoms with Crippen molar-refractivity contribution in [3.63, 3.8) is 0 Å². The van der Waals surface area contributed by atoms with E-state index >= 15 is 0 Å². The van der Waals surface area contributed by atoms with E-state index in [1.54, 1.807) is 0 Å². The molecule has 1 atom stereocenters. The van der Waals surface area contributed by atoms with Gasteiger partial charge in [0.05, 0.1) is 5.56 Å². The molecular weight excluding hydrogens is 260 g/mol. The summed E-state index contributed by atoms with van der Waals surface area (Å²) in [4.78, 5) is 24.9. The third-order valence-electron chi connectivity index (χ3n) is 3.45. The first-order valence-electron chi connectivity index (χ1n) is 6.88. The van der Waals surface area contributed by atoms with Crippen LogP contribution in [0.25, 0.3) is 0 Å². The molecule has 1 saturated heterocycles. The molecule has 2 N–H and O–H groups in total. The van der Waals surface area contributed by atoms with Crippen LogP contribution in [-0.4, -0.2) is 48.1 Å². The molecule has 0 bridgehead atoms. The number of carbonyl (C=O) groups is 2. The van der Waals surface area contributed by atoms with Gasteiger partial charge in [0.2, 0.25) is 0 Å². The van der Waals surface area contributed by atoms with E-state index in [9.17, 15) is 9.59 Å². The summed E-state index contributed by atoms with van der Waals surface area (Å²) in [6.45, 7) is 5.89. The predicted molar refractivity (Wildman–Crippen MR) is 72.8 cm³/mol. The van der Waals surface area contributed by atoms with Crippen LogP contribution >= 0.6 is 0 Å². The van der Waals surface area contributed by atoms with E-state index in [4.69, 9.17) is 9.52 Å². The second-order valence-electron chi connectivity index (χ2n) is 5.33. The van der Waals surface area contributed by atoms with Crippen LogP contribution in [0.15, 0.2) is 16.7 Å². The van der Waals surface area contributed by atoms with Crippen LogP contribution in [0.4, 0.5) is 0 Å². The van der Waals surface area contributed by atoms with Crippen LogP contribution in [0, 0.1) is 5.92 Å². The van der Waals surface area contributed by atoms with Gasteiger partial charge in [-0.05, 0) is 31.8 Å². The molecule has 20 heavy (non-hydrogen) atoms. The fraction of sp³-hybridized carbons (Fsp3) is 0.571. The summed E-state index contributed by atoms with van der Waals surface area (Å²) in [5.74, 6) is -1.08. The highest BCUT2D eigenvalue weighted by atomic mass is 16.4. The normalized spacial score (nSPS) is 17.1. The summed E-state index contributed by atoms with van der Waals surface area (Å²) in [6, 6.07) is 1.24. The van der Waals surface area contributed by atoms with Crippen LogP contribution < -0.4 is 5.32 Å². The largest absolute Gasteiger partial charge is 0.478 e. The molecule has 1 amide bonds. The summed E-state index contributed by atoms with van der Waals surface area (Å²) >= 11 is 0. The minimum Gasteiger partial charge on any atom is -0.478 e. The Labute approximate surface area is 117 Å². The molecule has 1 aromatic rings. The third-order valence-corrected chi connectivity index (χ3v) is 3.45. The lowest BCUT2D eigenvalue weighted by molar-refractivity contribution is 0.0696. The van der Waals surface area contributed by atoms with Gasteiger partial charge in [0, 0.05) is 19.2 Å². The Bertz CT molecular complexity index is 477. The molecule has 0 saturated carbocycles. The SMILES string of the molecule is CC(CNC(=O)c1cc(C(=O)O)co1)CN1CCCC1. The number of rotatable bonds is 6. The van der Waals surface area contributed by atoms with Gasteiger partial charge in [0.1, 0.15) is 6.26 Å². The zero-order chi connectivity index (χ0) is 14.5. The van der Waals surface area contributed by atoms with Crippen molar-refractivity contribution in [1.82, 2.24) is 10.2 Å². The van der Waals surface area contributed by atoms with Crippen molar-refractivity contribution in [2.75, 3.05) is 26.2 Å². The van der Waals surface area contributed by atoms with Crippen molar-refractivity contribution >= 4 is 11.9 Å². The Morgan fingerprint density at radius 3 is 2.75 bits per heavy atom. The van der Waals surface area contributed by atoms with Gasteiger partial charge in [0.25, 0.3) is 5.91 Å². The molecule has 110 valence electrons. The molecule has 1 aliphatic rings. The van der Waals surface area contributed by atoms with E-state index in [2.05, 4.69) is 17.1 Å². The second-order valence-corrected chi connectivity index (χ2v) is 5.33. The number of nitrogens with zero attached hydrogens (tertiary/aromatic N) is 1. The molecule has 0 aliphatic carbocycles. The molecule has 0 aromatic carbocycles. The molecule has 1 fully saturated rings. The molecule has 2 heterocycles. The standard InChI is InChI=1S/C14H20N2O4/c1-10(8-16-4-2-3-5-16)7-15-13(17)12-6-11(9-20-12)14(18)19/h6,9-10H,2-5,7-8H2,1H3,(H,15,17)(H,18,19). The molecule has 2 rings (SSSR count). The number of amides is 1. The van der Waals surface area contributed by atoms with Crippen molar-refractivity contribution in [1.29, 1.82) is 0 Å². The lowest BCUT2D eigenvalue weighted by Crippen LogP contribution is -2.34. The van der Waals surface area contributed by atoms with E-state index in [1.807, 2.05) is 0 Å². The topological polar surface area (TPSA) is 82.8 Å². The quantitative estimate of drug-likeness (QED) is 0.824. The maximum Gasteiger partial charge on any atom is 0.338 e. The maximum atomic E-state index is 11.8. The van der Waals surface area contributed by atoms with Crippen molar-refractivity contribution in [3.8, 4) is 0 Å². The van der Waals surface area contributed by atoms with Crippen LogP contribution in [0.1, 0.15) is 40.7 Å². The zero-order valence-electron chi connectivity index (χ0n) is 11.6. The van der Waals surface area contributed by atoms with Crippen LogP contribution in [0.2, 0.25) is 0 Å². The third kappa shape index (κ3) is 3.84. The predicted octanol–water partition coefficient (Wildman–Crippen LogP) is 1.44. The molecule has 6 heteroatoms. The van der Waals surface area contributed by atoms with Crippen LogP contribution in [0.3, 0.4) is 0 Å². The minimum absolute atomic E-state index is 0.0136. The van der Waals surface area contributed by atoms with Crippen LogP contribution in [0.5, 0.6) is 0 Å². The fourth-order valence-electron chi connectivity index (χ4n) is 2.39. The first-order chi connectivity index (χ1) is 9.56. The molecule has 0 spiro atoms. The van der Waals surface area contributed by atoms with Crippen molar-refractivity contribution in [3.05, 3.63) is 23.7 Å². The van der Waals surface area contributed by atoms with Crippen LogP contribution in [-0.2, 0) is 0 Å². The molecular formula is C14H20N2O4. The molecule has 1 aliphatic heterocycles. The van der Waals surface area contributed by atoms with Gasteiger partial charge in [-0.15, -0.1) is 0 Å². The number of nitrogens with one attached hydrogen (secondary N) is 1. The average Bonchev–Trinajstić information content (AvgIpc) is 3.06. The number of carbonyl (C=O) groups excluding carboxylic acids is 1. The number of furan rings is 1. The van der Waals surface area contributed by atoms with E-state index in [1.165, 1.54) is 18.9 Å². The highest BCUT2D eigenvalue weighted by molar-refractivity contribution is 5.95. The average molecular weight is 280 g/mol. The number of carboxylic acids is 1. The highest BCUT2D eigenvalue weighted by Gasteiger charge is 2.17. The number of aromatic carboxylic acids is 1. The molecule has 6 nitrogen and oxygen atoms in total. The smallest absolute Gasteiger partial charge is 0.338 e. The summed E-state index contributed by atoms with van der Waals surface area (Å²) in [5.41, 5.74) is -0.0136. The van der Waals surface area contributed by atoms with Gasteiger partial charge in [-0.1, -0.05) is 6.92 Å². The maximum absolute atomic E-state index is 11.8. The van der Waals surface area contributed by atoms with Gasteiger partial charge < -0.3 is 19.7 Å². The van der Waals surface area contributed by atoms with Gasteiger partial charge in [0.15, 0.2) is 5.76 Å². The summed E-state index contributed by atoms with van der Waals surface area (Å²) < 4.78 is 4.95. The Morgan fingerprint density at radius 1 is 1.45 bits per heavy atom. The van der Waals surface area contributed by atoms with E-state index in [0.29, 0.717) is 12.5 Å². The van der Waals surface area contributed by atoms with E-state index in [0.717, 1.165) is 25.9 Å². The summed E-state index contributed by atoms with van der Waals surface area (Å²) in [7, 11) is 0. The molecule has 0 radical (unpaired) electrons. The van der Waals surface area contributed by atoms with Gasteiger partial charge in [-0.25, -0.2) is 4.79 Å². The Morgan fingerprint density at radius 2 is 2.15 bits per heavy atom. The Hall–Kier alpha value is -1.82. The van der Waals surface area contributed by atoms with Crippen molar-refractivity contribution in [2.24, 2.45) is 5.92 Å². The minimum atomic E-state index is -1.10. The Balaban J connectivity index is 1.77. The molecule has 1 unspecified atom stereocenters. The van der Waals surface area contributed by atoms with Crippen molar-refractivity contribution < 1.29 is 19.1 Å². The van der Waals surface area contributed by atoms with Gasteiger partial charge >= 0.3 is 5.97 Å². The number of hydrogen-bond acceptors (Lipinski definition) is 4. The summed E-state index contributed by atoms with van der Waals surface area (Å²) in [6.07, 6.45) is 3.58. The Kier molecular flexibility index (Phi) is 4.79. The second kappa shape index (κ2) is 6.56. The fourth-order valence-corrected chi connectivity index (χ4v) is 2.39. The zero-order valence-corrected chi connectivity index (χ0v) is 11.6. The van der Waals surface area contributed by atoms with E-state index < -0.39 is 5.97 Å². The highest BCUT2D eigenvalue weighted by Crippen LogP contribution is 2.10. The van der Waals surface area contributed by atoms with Crippen molar-refractivity contribution in [2.45, 2.75) is 19.8 Å².